The van der Waals surface area contributed by atoms with Crippen molar-refractivity contribution in [3.63, 3.8) is 0 Å². The Morgan fingerprint density at radius 2 is 1.80 bits per heavy atom. The summed E-state index contributed by atoms with van der Waals surface area (Å²) in [5.41, 5.74) is 4.78. The lowest BCUT2D eigenvalue weighted by atomic mass is 10.1. The maximum absolute atomic E-state index is 5.94. The van der Waals surface area contributed by atoms with Crippen molar-refractivity contribution in [2.75, 3.05) is 13.7 Å². The molecular weight excluding hydrogens is 320 g/mol. The second-order valence-corrected chi connectivity index (χ2v) is 5.72. The Bertz CT molecular complexity index is 679. The average molecular weight is 344 g/mol. The molecule has 2 N–H and O–H groups in total. The number of hydrogen-bond acceptors (Lipinski definition) is 7. The first-order valence-corrected chi connectivity index (χ1v) is 8.07. The lowest BCUT2D eigenvalue weighted by Gasteiger charge is -2.13. The van der Waals surface area contributed by atoms with Crippen LogP contribution in [0, 0.1) is 13.8 Å². The standard InChI is InChI=1S/C18H24N4O3/c1-13-9-15(11-20-25-19)10-14(2)18(13)24-8-4-5-16-6-7-17(12-23-3)22-21-16/h6-7,9-11H,4-5,8,12,19H2,1-3H3. The van der Waals surface area contributed by atoms with Crippen LogP contribution in [0.3, 0.4) is 0 Å². The highest BCUT2D eigenvalue weighted by Crippen LogP contribution is 2.24. The van der Waals surface area contributed by atoms with Crippen molar-refractivity contribution in [3.05, 3.63) is 52.3 Å². The van der Waals surface area contributed by atoms with Crippen molar-refractivity contribution in [3.8, 4) is 5.75 Å². The molecule has 0 aliphatic rings. The third-order valence-corrected chi connectivity index (χ3v) is 3.64. The molecule has 0 fully saturated rings. The van der Waals surface area contributed by atoms with Gasteiger partial charge in [0.05, 0.1) is 30.8 Å². The van der Waals surface area contributed by atoms with Gasteiger partial charge in [0.15, 0.2) is 0 Å². The highest BCUT2D eigenvalue weighted by molar-refractivity contribution is 5.80. The molecule has 0 aliphatic heterocycles. The van der Waals surface area contributed by atoms with Crippen LogP contribution in [0.5, 0.6) is 5.75 Å². The summed E-state index contributed by atoms with van der Waals surface area (Å²) in [5.74, 6) is 5.79. The van der Waals surface area contributed by atoms with E-state index in [9.17, 15) is 0 Å². The van der Waals surface area contributed by atoms with Gasteiger partial charge >= 0.3 is 0 Å². The molecule has 0 saturated carbocycles. The molecule has 1 aromatic heterocycles. The van der Waals surface area contributed by atoms with Crippen LogP contribution in [0.2, 0.25) is 0 Å². The zero-order valence-electron chi connectivity index (χ0n) is 14.9. The lowest BCUT2D eigenvalue weighted by molar-refractivity contribution is 0.150. The van der Waals surface area contributed by atoms with E-state index in [1.165, 1.54) is 0 Å². The van der Waals surface area contributed by atoms with Crippen molar-refractivity contribution in [1.82, 2.24) is 10.2 Å². The van der Waals surface area contributed by atoms with Gasteiger partial charge in [-0.25, -0.2) is 0 Å². The molecule has 1 aromatic carbocycles. The van der Waals surface area contributed by atoms with Gasteiger partial charge in [-0.3, -0.25) is 0 Å². The Balaban J connectivity index is 1.86. The van der Waals surface area contributed by atoms with Crippen LogP contribution in [-0.2, 0) is 22.7 Å². The smallest absolute Gasteiger partial charge is 0.125 e. The maximum atomic E-state index is 5.94. The molecule has 0 bridgehead atoms. The van der Waals surface area contributed by atoms with Crippen LogP contribution >= 0.6 is 0 Å². The Labute approximate surface area is 147 Å². The van der Waals surface area contributed by atoms with Crippen LogP contribution in [0.4, 0.5) is 0 Å². The summed E-state index contributed by atoms with van der Waals surface area (Å²) in [5, 5.41) is 11.9. The van der Waals surface area contributed by atoms with E-state index < -0.39 is 0 Å². The van der Waals surface area contributed by atoms with Crippen molar-refractivity contribution in [2.45, 2.75) is 33.3 Å². The summed E-state index contributed by atoms with van der Waals surface area (Å²) in [4.78, 5) is 4.22. The number of ether oxygens (including phenoxy) is 2. The number of rotatable bonds is 9. The number of methoxy groups -OCH3 is 1. The van der Waals surface area contributed by atoms with E-state index in [0.29, 0.717) is 13.2 Å². The van der Waals surface area contributed by atoms with Gasteiger partial charge < -0.3 is 14.4 Å². The molecule has 1 heterocycles. The molecule has 25 heavy (non-hydrogen) atoms. The van der Waals surface area contributed by atoms with Gasteiger partial charge in [-0.05, 0) is 67.6 Å². The zero-order chi connectivity index (χ0) is 18.1. The number of nitrogens with two attached hydrogens (primary N) is 1. The largest absolute Gasteiger partial charge is 0.493 e. The molecule has 7 heteroatoms. The first kappa shape index (κ1) is 18.8. The van der Waals surface area contributed by atoms with Gasteiger partial charge in [-0.1, -0.05) is 5.16 Å². The molecular formula is C18H24N4O3. The monoisotopic (exact) mass is 344 g/mol. The van der Waals surface area contributed by atoms with Gasteiger partial charge in [0, 0.05) is 7.11 Å². The molecule has 7 nitrogen and oxygen atoms in total. The van der Waals surface area contributed by atoms with E-state index in [1.54, 1.807) is 13.3 Å². The highest BCUT2D eigenvalue weighted by Gasteiger charge is 2.06. The predicted octanol–water partition coefficient (Wildman–Crippen LogP) is 2.48. The van der Waals surface area contributed by atoms with Crippen molar-refractivity contribution in [2.24, 2.45) is 11.1 Å². The van der Waals surface area contributed by atoms with Crippen molar-refractivity contribution in [1.29, 1.82) is 0 Å². The third-order valence-electron chi connectivity index (χ3n) is 3.64. The van der Waals surface area contributed by atoms with E-state index in [1.807, 2.05) is 38.1 Å². The molecule has 0 amide bonds. The molecule has 0 radical (unpaired) electrons. The summed E-state index contributed by atoms with van der Waals surface area (Å²) >= 11 is 0. The Morgan fingerprint density at radius 1 is 1.12 bits per heavy atom. The molecule has 134 valence electrons. The van der Waals surface area contributed by atoms with E-state index in [-0.39, 0.29) is 0 Å². The van der Waals surface area contributed by atoms with Crippen LogP contribution in [-0.4, -0.2) is 30.1 Å². The molecule has 0 atom stereocenters. The number of aromatic nitrogens is 2. The summed E-state index contributed by atoms with van der Waals surface area (Å²) in [7, 11) is 1.64. The minimum atomic E-state index is 0.479. The first-order chi connectivity index (χ1) is 12.1. The fourth-order valence-corrected chi connectivity index (χ4v) is 2.55. The summed E-state index contributed by atoms with van der Waals surface area (Å²) in [6.07, 6.45) is 3.24. The molecule has 0 unspecified atom stereocenters. The minimum Gasteiger partial charge on any atom is -0.493 e. The predicted molar refractivity (Wildman–Crippen MR) is 95.3 cm³/mol. The highest BCUT2D eigenvalue weighted by atomic mass is 16.7. The molecule has 0 saturated heterocycles. The molecule has 2 rings (SSSR count). The molecule has 2 aromatic rings. The fourth-order valence-electron chi connectivity index (χ4n) is 2.55. The van der Waals surface area contributed by atoms with Crippen LogP contribution in [0.25, 0.3) is 0 Å². The van der Waals surface area contributed by atoms with Gasteiger partial charge in [0.25, 0.3) is 0 Å². The van der Waals surface area contributed by atoms with E-state index in [0.717, 1.165) is 46.7 Å². The third kappa shape index (κ3) is 5.81. The minimum absolute atomic E-state index is 0.479. The normalized spacial score (nSPS) is 11.0. The second kappa shape index (κ2) is 9.71. The number of nitrogens with zero attached hydrogens (tertiary/aromatic N) is 3. The van der Waals surface area contributed by atoms with E-state index in [2.05, 4.69) is 20.3 Å². The van der Waals surface area contributed by atoms with E-state index >= 15 is 0 Å². The average Bonchev–Trinajstić information content (AvgIpc) is 2.60. The molecule has 0 aliphatic carbocycles. The zero-order valence-corrected chi connectivity index (χ0v) is 14.9. The number of aryl methyl sites for hydroxylation is 3. The Hall–Kier alpha value is -2.51. The van der Waals surface area contributed by atoms with Gasteiger partial charge in [0.1, 0.15) is 5.75 Å². The van der Waals surface area contributed by atoms with Gasteiger partial charge in [-0.15, -0.1) is 5.90 Å². The van der Waals surface area contributed by atoms with Crippen LogP contribution in [0.15, 0.2) is 29.4 Å². The van der Waals surface area contributed by atoms with Gasteiger partial charge in [0.2, 0.25) is 0 Å². The second-order valence-electron chi connectivity index (χ2n) is 5.72. The summed E-state index contributed by atoms with van der Waals surface area (Å²) < 4.78 is 11.0. The SMILES string of the molecule is COCc1ccc(CCCOc2c(C)cc(C=NON)cc2C)nn1. The number of benzene rings is 1. The van der Waals surface area contributed by atoms with Gasteiger partial charge in [-0.2, -0.15) is 10.2 Å². The Kier molecular flexibility index (Phi) is 7.31. The Morgan fingerprint density at radius 3 is 2.40 bits per heavy atom. The first-order valence-electron chi connectivity index (χ1n) is 8.07. The lowest BCUT2D eigenvalue weighted by Crippen LogP contribution is -2.05. The fraction of sp³-hybridized carbons (Fsp3) is 0.389. The van der Waals surface area contributed by atoms with Crippen molar-refractivity contribution < 1.29 is 14.4 Å². The van der Waals surface area contributed by atoms with Crippen LogP contribution < -0.4 is 10.6 Å². The maximum Gasteiger partial charge on any atom is 0.125 e. The van der Waals surface area contributed by atoms with Crippen LogP contribution in [0.1, 0.15) is 34.5 Å². The molecule has 0 spiro atoms. The topological polar surface area (TPSA) is 91.8 Å². The summed E-state index contributed by atoms with van der Waals surface area (Å²) in [6.45, 7) is 5.10. The number of hydrogen-bond donors (Lipinski definition) is 1. The van der Waals surface area contributed by atoms with Crippen molar-refractivity contribution >= 4 is 6.21 Å². The van der Waals surface area contributed by atoms with E-state index in [4.69, 9.17) is 15.4 Å². The number of oxime groups is 1. The quantitative estimate of drug-likeness (QED) is 0.427. The summed E-state index contributed by atoms with van der Waals surface area (Å²) in [6, 6.07) is 7.87.